The largest absolute Gasteiger partial charge is 0.496 e. The fourth-order valence-electron chi connectivity index (χ4n) is 1.51. The number of aryl methyl sites for hydroxylation is 1. The molecule has 0 amide bonds. The summed E-state index contributed by atoms with van der Waals surface area (Å²) in [5.41, 5.74) is 1.93. The molecule has 0 saturated carbocycles. The first kappa shape index (κ1) is 12.8. The standard InChI is InChI=1S/C12H15ClO3/c1-8-7-9(3-5-11(8)16-2)10(13)4-6-12(14)15/h3,5,7,10H,4,6H2,1-2H3,(H,14,15). The molecule has 1 rings (SSSR count). The van der Waals surface area contributed by atoms with E-state index in [9.17, 15) is 4.79 Å². The van der Waals surface area contributed by atoms with Crippen molar-refractivity contribution >= 4 is 17.6 Å². The third-order valence-corrected chi connectivity index (χ3v) is 2.86. The van der Waals surface area contributed by atoms with Crippen LogP contribution < -0.4 is 4.74 Å². The molecular formula is C12H15ClO3. The van der Waals surface area contributed by atoms with Crippen LogP contribution in [0.4, 0.5) is 0 Å². The molecule has 0 aliphatic carbocycles. The first-order valence-electron chi connectivity index (χ1n) is 5.05. The molecule has 0 heterocycles. The van der Waals surface area contributed by atoms with Crippen molar-refractivity contribution in [1.29, 1.82) is 0 Å². The molecule has 0 aliphatic heterocycles. The van der Waals surface area contributed by atoms with Gasteiger partial charge in [0, 0.05) is 6.42 Å². The van der Waals surface area contributed by atoms with Crippen LogP contribution in [0.2, 0.25) is 0 Å². The number of carboxylic acids is 1. The van der Waals surface area contributed by atoms with Gasteiger partial charge in [0.2, 0.25) is 0 Å². The van der Waals surface area contributed by atoms with E-state index in [2.05, 4.69) is 0 Å². The lowest BCUT2D eigenvalue weighted by Gasteiger charge is -2.11. The predicted molar refractivity (Wildman–Crippen MR) is 63.2 cm³/mol. The third kappa shape index (κ3) is 3.42. The van der Waals surface area contributed by atoms with E-state index in [1.165, 1.54) is 0 Å². The minimum absolute atomic E-state index is 0.0826. The van der Waals surface area contributed by atoms with E-state index in [1.807, 2.05) is 25.1 Å². The first-order chi connectivity index (χ1) is 7.54. The summed E-state index contributed by atoms with van der Waals surface area (Å²) in [6, 6.07) is 5.64. The van der Waals surface area contributed by atoms with E-state index < -0.39 is 5.97 Å². The maximum absolute atomic E-state index is 10.4. The quantitative estimate of drug-likeness (QED) is 0.807. The second kappa shape index (κ2) is 5.75. The lowest BCUT2D eigenvalue weighted by atomic mass is 10.0. The SMILES string of the molecule is COc1ccc(C(Cl)CCC(=O)O)cc1C. The van der Waals surface area contributed by atoms with E-state index >= 15 is 0 Å². The molecule has 16 heavy (non-hydrogen) atoms. The molecule has 1 atom stereocenters. The zero-order chi connectivity index (χ0) is 12.1. The van der Waals surface area contributed by atoms with Crippen molar-refractivity contribution in [2.24, 2.45) is 0 Å². The Labute approximate surface area is 100.0 Å². The van der Waals surface area contributed by atoms with Gasteiger partial charge in [0.1, 0.15) is 5.75 Å². The van der Waals surface area contributed by atoms with Crippen molar-refractivity contribution in [1.82, 2.24) is 0 Å². The molecule has 0 saturated heterocycles. The number of alkyl halides is 1. The Bertz CT molecular complexity index is 377. The molecule has 1 aromatic carbocycles. The van der Waals surface area contributed by atoms with Gasteiger partial charge in [0.05, 0.1) is 12.5 Å². The smallest absolute Gasteiger partial charge is 0.303 e. The maximum atomic E-state index is 10.4. The van der Waals surface area contributed by atoms with Crippen LogP contribution in [-0.2, 0) is 4.79 Å². The summed E-state index contributed by atoms with van der Waals surface area (Å²) in [6.45, 7) is 1.93. The van der Waals surface area contributed by atoms with Crippen LogP contribution in [0.25, 0.3) is 0 Å². The number of ether oxygens (including phenoxy) is 1. The van der Waals surface area contributed by atoms with Crippen molar-refractivity contribution in [2.45, 2.75) is 25.1 Å². The number of carbonyl (C=O) groups is 1. The van der Waals surface area contributed by atoms with E-state index in [0.29, 0.717) is 6.42 Å². The fourth-order valence-corrected chi connectivity index (χ4v) is 1.76. The monoisotopic (exact) mass is 242 g/mol. The van der Waals surface area contributed by atoms with Gasteiger partial charge in [-0.05, 0) is 30.5 Å². The number of benzene rings is 1. The molecule has 1 unspecified atom stereocenters. The summed E-state index contributed by atoms with van der Waals surface area (Å²) in [7, 11) is 1.62. The molecule has 3 nitrogen and oxygen atoms in total. The number of aliphatic carboxylic acids is 1. The molecule has 0 spiro atoms. The Balaban J connectivity index is 2.72. The molecule has 0 bridgehead atoms. The van der Waals surface area contributed by atoms with Gasteiger partial charge < -0.3 is 9.84 Å². The van der Waals surface area contributed by atoms with Gasteiger partial charge >= 0.3 is 5.97 Å². The van der Waals surface area contributed by atoms with Crippen LogP contribution in [0.1, 0.15) is 29.3 Å². The number of methoxy groups -OCH3 is 1. The van der Waals surface area contributed by atoms with Crippen LogP contribution >= 0.6 is 11.6 Å². The van der Waals surface area contributed by atoms with Gasteiger partial charge in [-0.3, -0.25) is 4.79 Å². The second-order valence-corrected chi connectivity index (χ2v) is 4.16. The van der Waals surface area contributed by atoms with Crippen LogP contribution in [-0.4, -0.2) is 18.2 Å². The number of carboxylic acid groups (broad SMARTS) is 1. The van der Waals surface area contributed by atoms with Gasteiger partial charge in [-0.1, -0.05) is 12.1 Å². The van der Waals surface area contributed by atoms with Crippen LogP contribution in [0.5, 0.6) is 5.75 Å². The Hall–Kier alpha value is -1.22. The lowest BCUT2D eigenvalue weighted by molar-refractivity contribution is -0.137. The summed E-state index contributed by atoms with van der Waals surface area (Å²) >= 11 is 6.11. The molecule has 1 aromatic rings. The van der Waals surface area contributed by atoms with Crippen molar-refractivity contribution in [3.8, 4) is 5.75 Å². The molecule has 0 aliphatic rings. The number of halogens is 1. The van der Waals surface area contributed by atoms with Crippen LogP contribution in [0.15, 0.2) is 18.2 Å². The van der Waals surface area contributed by atoms with E-state index in [-0.39, 0.29) is 11.8 Å². The van der Waals surface area contributed by atoms with Crippen molar-refractivity contribution in [3.63, 3.8) is 0 Å². The first-order valence-corrected chi connectivity index (χ1v) is 5.48. The van der Waals surface area contributed by atoms with Crippen LogP contribution in [0.3, 0.4) is 0 Å². The van der Waals surface area contributed by atoms with E-state index in [4.69, 9.17) is 21.4 Å². The maximum Gasteiger partial charge on any atom is 0.303 e. The average Bonchev–Trinajstić information content (AvgIpc) is 2.25. The molecular weight excluding hydrogens is 228 g/mol. The predicted octanol–water partition coefficient (Wildman–Crippen LogP) is 3.15. The van der Waals surface area contributed by atoms with E-state index in [0.717, 1.165) is 16.9 Å². The summed E-state index contributed by atoms with van der Waals surface area (Å²) in [4.78, 5) is 10.4. The number of rotatable bonds is 5. The van der Waals surface area contributed by atoms with E-state index in [1.54, 1.807) is 7.11 Å². The van der Waals surface area contributed by atoms with Crippen LogP contribution in [0, 0.1) is 6.92 Å². The van der Waals surface area contributed by atoms with Crippen molar-refractivity contribution < 1.29 is 14.6 Å². The lowest BCUT2D eigenvalue weighted by Crippen LogP contribution is -1.99. The number of hydrogen-bond acceptors (Lipinski definition) is 2. The normalized spacial score (nSPS) is 12.2. The topological polar surface area (TPSA) is 46.5 Å². The molecule has 1 N–H and O–H groups in total. The number of hydrogen-bond donors (Lipinski definition) is 1. The molecule has 0 fully saturated rings. The molecule has 88 valence electrons. The van der Waals surface area contributed by atoms with Crippen molar-refractivity contribution in [3.05, 3.63) is 29.3 Å². The minimum atomic E-state index is -0.823. The van der Waals surface area contributed by atoms with Gasteiger partial charge in [0.15, 0.2) is 0 Å². The molecule has 0 radical (unpaired) electrons. The Morgan fingerprint density at radius 2 is 2.25 bits per heavy atom. The van der Waals surface area contributed by atoms with Crippen molar-refractivity contribution in [2.75, 3.05) is 7.11 Å². The van der Waals surface area contributed by atoms with Gasteiger partial charge in [-0.2, -0.15) is 0 Å². The summed E-state index contributed by atoms with van der Waals surface area (Å²) in [5.74, 6) is -0.0123. The highest BCUT2D eigenvalue weighted by Crippen LogP contribution is 2.29. The summed E-state index contributed by atoms with van der Waals surface area (Å²) in [5, 5.41) is 8.30. The zero-order valence-electron chi connectivity index (χ0n) is 9.37. The van der Waals surface area contributed by atoms with Gasteiger partial charge in [0.25, 0.3) is 0 Å². The average molecular weight is 243 g/mol. The summed E-state index contributed by atoms with van der Waals surface area (Å²) < 4.78 is 5.14. The van der Waals surface area contributed by atoms with Gasteiger partial charge in [-0.25, -0.2) is 0 Å². The molecule has 0 aromatic heterocycles. The highest BCUT2D eigenvalue weighted by Gasteiger charge is 2.11. The highest BCUT2D eigenvalue weighted by molar-refractivity contribution is 6.20. The Morgan fingerprint density at radius 1 is 1.56 bits per heavy atom. The second-order valence-electron chi connectivity index (χ2n) is 3.63. The van der Waals surface area contributed by atoms with Gasteiger partial charge in [-0.15, -0.1) is 11.6 Å². The third-order valence-electron chi connectivity index (χ3n) is 2.39. The Morgan fingerprint density at radius 3 is 2.75 bits per heavy atom. The molecule has 4 heteroatoms. The zero-order valence-corrected chi connectivity index (χ0v) is 10.1. The fraction of sp³-hybridized carbons (Fsp3) is 0.417. The minimum Gasteiger partial charge on any atom is -0.496 e. The highest BCUT2D eigenvalue weighted by atomic mass is 35.5. The summed E-state index contributed by atoms with van der Waals surface area (Å²) in [6.07, 6.45) is 0.516. The Kier molecular flexibility index (Phi) is 4.62.